The van der Waals surface area contributed by atoms with Crippen LogP contribution in [0.25, 0.3) is 22.4 Å². The fraction of sp³-hybridized carbons (Fsp3) is 0.286. The Bertz CT molecular complexity index is 1500. The highest BCUT2D eigenvalue weighted by molar-refractivity contribution is 7.14. The molecule has 3 aromatic heterocycles. The van der Waals surface area contributed by atoms with Crippen molar-refractivity contribution in [2.75, 3.05) is 5.32 Å². The molecule has 0 aliphatic rings. The quantitative estimate of drug-likeness (QED) is 0.446. The van der Waals surface area contributed by atoms with Gasteiger partial charge >= 0.3 is 11.9 Å². The highest BCUT2D eigenvalue weighted by Crippen LogP contribution is 2.33. The molecule has 0 atom stereocenters. The van der Waals surface area contributed by atoms with Crippen molar-refractivity contribution in [3.05, 3.63) is 62.4 Å². The van der Waals surface area contributed by atoms with Crippen LogP contribution in [0.1, 0.15) is 18.4 Å². The second-order valence-corrected chi connectivity index (χ2v) is 8.44. The van der Waals surface area contributed by atoms with Crippen LogP contribution in [0.4, 0.5) is 18.3 Å². The summed E-state index contributed by atoms with van der Waals surface area (Å²) in [5, 5.41) is 4.49. The van der Waals surface area contributed by atoms with Gasteiger partial charge in [0.2, 0.25) is 5.91 Å². The lowest BCUT2D eigenvalue weighted by Gasteiger charge is -2.07. The van der Waals surface area contributed by atoms with E-state index in [9.17, 15) is 27.6 Å². The van der Waals surface area contributed by atoms with Gasteiger partial charge in [-0.15, -0.1) is 11.3 Å². The van der Waals surface area contributed by atoms with Crippen LogP contribution in [0.5, 0.6) is 0 Å². The summed E-state index contributed by atoms with van der Waals surface area (Å²) in [4.78, 5) is 45.1. The second-order valence-electron chi connectivity index (χ2n) is 7.58. The van der Waals surface area contributed by atoms with Gasteiger partial charge in [0.05, 0.1) is 17.6 Å². The molecular weight excluding hydrogens is 473 g/mol. The number of nitrogens with zero attached hydrogens (tertiary/aromatic N) is 5. The third kappa shape index (κ3) is 4.51. The summed E-state index contributed by atoms with van der Waals surface area (Å²) < 4.78 is 42.7. The van der Waals surface area contributed by atoms with E-state index in [1.165, 1.54) is 37.1 Å². The second kappa shape index (κ2) is 8.89. The van der Waals surface area contributed by atoms with E-state index in [4.69, 9.17) is 0 Å². The van der Waals surface area contributed by atoms with Crippen LogP contribution in [-0.2, 0) is 31.6 Å². The summed E-state index contributed by atoms with van der Waals surface area (Å²) in [6.07, 6.45) is -2.51. The third-order valence-corrected chi connectivity index (χ3v) is 6.01. The predicted molar refractivity (Wildman–Crippen MR) is 121 cm³/mol. The van der Waals surface area contributed by atoms with Gasteiger partial charge in [-0.25, -0.2) is 14.8 Å². The number of imidazole rings is 1. The Morgan fingerprint density at radius 2 is 1.94 bits per heavy atom. The molecule has 4 rings (SSSR count). The number of anilines is 1. The Morgan fingerprint density at radius 1 is 1.18 bits per heavy atom. The maximum Gasteiger partial charge on any atom is 0.416 e. The van der Waals surface area contributed by atoms with Crippen molar-refractivity contribution in [2.24, 2.45) is 14.1 Å². The van der Waals surface area contributed by atoms with Crippen molar-refractivity contribution in [1.82, 2.24) is 23.7 Å². The molecule has 3 heterocycles. The number of aromatic nitrogens is 5. The molecule has 0 saturated heterocycles. The monoisotopic (exact) mass is 492 g/mol. The molecule has 0 spiro atoms. The summed E-state index contributed by atoms with van der Waals surface area (Å²) in [5.74, 6) is -0.324. The van der Waals surface area contributed by atoms with Crippen molar-refractivity contribution >= 4 is 33.5 Å². The average Bonchev–Trinajstić information content (AvgIpc) is 3.43. The number of hydrogen-bond acceptors (Lipinski definition) is 6. The van der Waals surface area contributed by atoms with Gasteiger partial charge in [0.1, 0.15) is 0 Å². The zero-order chi connectivity index (χ0) is 24.6. The van der Waals surface area contributed by atoms with E-state index >= 15 is 0 Å². The molecule has 0 aliphatic heterocycles. The van der Waals surface area contributed by atoms with Gasteiger partial charge in [0.15, 0.2) is 16.3 Å². The lowest BCUT2D eigenvalue weighted by atomic mass is 10.1. The summed E-state index contributed by atoms with van der Waals surface area (Å²) in [6, 6.07) is 4.82. The van der Waals surface area contributed by atoms with E-state index in [0.29, 0.717) is 24.2 Å². The fourth-order valence-corrected chi connectivity index (χ4v) is 4.21. The van der Waals surface area contributed by atoms with E-state index < -0.39 is 23.0 Å². The van der Waals surface area contributed by atoms with E-state index in [1.807, 2.05) is 0 Å². The number of carbonyl (C=O) groups is 1. The number of aryl methyl sites for hydroxylation is 2. The maximum atomic E-state index is 12.9. The van der Waals surface area contributed by atoms with Gasteiger partial charge in [0.25, 0.3) is 5.56 Å². The number of thiazole rings is 1. The normalized spacial score (nSPS) is 11.8. The highest BCUT2D eigenvalue weighted by Gasteiger charge is 2.30. The fourth-order valence-electron chi connectivity index (χ4n) is 3.48. The molecule has 0 fully saturated rings. The van der Waals surface area contributed by atoms with Crippen LogP contribution in [0.15, 0.2) is 45.6 Å². The summed E-state index contributed by atoms with van der Waals surface area (Å²) >= 11 is 1.11. The van der Waals surface area contributed by atoms with Crippen LogP contribution in [0, 0.1) is 0 Å². The SMILES string of the molecule is Cn1c(=O)c2c(ncn2CCCC(=O)Nc2nc(-c3cccc(C(F)(F)F)c3)cs2)n(C)c1=O. The smallest absolute Gasteiger partial charge is 0.325 e. The Morgan fingerprint density at radius 3 is 2.68 bits per heavy atom. The van der Waals surface area contributed by atoms with Crippen molar-refractivity contribution in [3.63, 3.8) is 0 Å². The number of nitrogens with one attached hydrogen (secondary N) is 1. The molecule has 178 valence electrons. The first-order valence-corrected chi connectivity index (χ1v) is 11.0. The largest absolute Gasteiger partial charge is 0.416 e. The van der Waals surface area contributed by atoms with Crippen LogP contribution >= 0.6 is 11.3 Å². The standard InChI is InChI=1S/C21H19F3N6O3S/c1-28-17-16(18(32)29(2)20(28)33)30(11-25-17)8-4-7-15(31)27-19-26-14(10-34-19)12-5-3-6-13(9-12)21(22,23)24/h3,5-6,9-11H,4,7-8H2,1-2H3,(H,26,27,31). The molecule has 0 radical (unpaired) electrons. The number of amides is 1. The Hall–Kier alpha value is -3.74. The number of halogens is 3. The molecule has 0 saturated carbocycles. The molecular formula is C21H19F3N6O3S. The summed E-state index contributed by atoms with van der Waals surface area (Å²) in [6.45, 7) is 0.324. The van der Waals surface area contributed by atoms with Crippen LogP contribution in [0.2, 0.25) is 0 Å². The van der Waals surface area contributed by atoms with Gasteiger partial charge in [-0.3, -0.25) is 18.7 Å². The lowest BCUT2D eigenvalue weighted by molar-refractivity contribution is -0.137. The molecule has 1 N–H and O–H groups in total. The molecule has 4 aromatic rings. The number of benzene rings is 1. The molecule has 0 aliphatic carbocycles. The molecule has 9 nitrogen and oxygen atoms in total. The van der Waals surface area contributed by atoms with Gasteiger partial charge in [-0.1, -0.05) is 12.1 Å². The topological polar surface area (TPSA) is 104 Å². The van der Waals surface area contributed by atoms with E-state index in [-0.39, 0.29) is 28.6 Å². The Labute approximate surface area is 194 Å². The molecule has 1 aromatic carbocycles. The van der Waals surface area contributed by atoms with Crippen molar-refractivity contribution < 1.29 is 18.0 Å². The first-order chi connectivity index (χ1) is 16.1. The zero-order valence-electron chi connectivity index (χ0n) is 18.1. The molecule has 34 heavy (non-hydrogen) atoms. The van der Waals surface area contributed by atoms with E-state index in [2.05, 4.69) is 15.3 Å². The lowest BCUT2D eigenvalue weighted by Crippen LogP contribution is -2.37. The summed E-state index contributed by atoms with van der Waals surface area (Å²) in [5.41, 5.74) is -0.545. The van der Waals surface area contributed by atoms with Crippen LogP contribution in [-0.4, -0.2) is 29.6 Å². The van der Waals surface area contributed by atoms with E-state index in [1.54, 1.807) is 9.95 Å². The molecule has 0 bridgehead atoms. The third-order valence-electron chi connectivity index (χ3n) is 5.26. The minimum absolute atomic E-state index is 0.115. The zero-order valence-corrected chi connectivity index (χ0v) is 18.9. The number of alkyl halides is 3. The van der Waals surface area contributed by atoms with E-state index in [0.717, 1.165) is 28.0 Å². The maximum absolute atomic E-state index is 12.9. The Balaban J connectivity index is 1.39. The van der Waals surface area contributed by atoms with Gasteiger partial charge in [-0.2, -0.15) is 13.2 Å². The van der Waals surface area contributed by atoms with Crippen molar-refractivity contribution in [2.45, 2.75) is 25.6 Å². The van der Waals surface area contributed by atoms with Crippen molar-refractivity contribution in [1.29, 1.82) is 0 Å². The first-order valence-electron chi connectivity index (χ1n) is 10.1. The average molecular weight is 492 g/mol. The number of rotatable bonds is 6. The molecule has 1 amide bonds. The molecule has 13 heteroatoms. The number of carbonyl (C=O) groups excluding carboxylic acids is 1. The number of hydrogen-bond donors (Lipinski definition) is 1. The van der Waals surface area contributed by atoms with Gasteiger partial charge in [0, 0.05) is 38.0 Å². The van der Waals surface area contributed by atoms with Crippen LogP contribution in [0.3, 0.4) is 0 Å². The molecule has 0 unspecified atom stereocenters. The van der Waals surface area contributed by atoms with Crippen molar-refractivity contribution in [3.8, 4) is 11.3 Å². The predicted octanol–water partition coefficient (Wildman–Crippen LogP) is 2.99. The Kier molecular flexibility index (Phi) is 6.13. The van der Waals surface area contributed by atoms with Gasteiger partial charge in [-0.05, 0) is 18.6 Å². The van der Waals surface area contributed by atoms with Crippen LogP contribution < -0.4 is 16.6 Å². The first kappa shape index (κ1) is 23.4. The van der Waals surface area contributed by atoms with Gasteiger partial charge < -0.3 is 9.88 Å². The highest BCUT2D eigenvalue weighted by atomic mass is 32.1. The minimum atomic E-state index is -4.46. The summed E-state index contributed by atoms with van der Waals surface area (Å²) in [7, 11) is 2.91. The minimum Gasteiger partial charge on any atom is -0.325 e. The number of fused-ring (bicyclic) bond motifs is 1.